The first-order valence-electron chi connectivity index (χ1n) is 39.4. The molecule has 2 N–H and O–H groups in total. The number of aromatic nitrogens is 4. The number of para-hydroxylation sites is 2. The van der Waals surface area contributed by atoms with Crippen LogP contribution in [0.4, 0.5) is 26.3 Å². The zero-order valence-corrected chi connectivity index (χ0v) is 62.9. The van der Waals surface area contributed by atoms with E-state index in [1.807, 2.05) is 48.5 Å². The number of imide groups is 2. The van der Waals surface area contributed by atoms with E-state index in [0.717, 1.165) is 137 Å². The van der Waals surface area contributed by atoms with Gasteiger partial charge < -0.3 is 18.9 Å². The first-order chi connectivity index (χ1) is 53.0. The monoisotopic (exact) mass is 1520 g/mol. The van der Waals surface area contributed by atoms with Crippen LogP contribution in [-0.4, -0.2) is 70.7 Å². The second kappa shape index (κ2) is 30.7. The Morgan fingerprint density at radius 3 is 1.25 bits per heavy atom. The molecule has 0 spiro atoms. The van der Waals surface area contributed by atoms with Crippen LogP contribution in [-0.2, 0) is 25.4 Å². The fraction of sp³-hybridized carbons (Fsp3) is 0.416. The van der Waals surface area contributed by atoms with Crippen LogP contribution in [0.15, 0.2) is 96.0 Å². The second-order valence-electron chi connectivity index (χ2n) is 30.4. The second-order valence-corrected chi connectivity index (χ2v) is 30.4. The number of aromatic amines is 1. The number of aryl methyl sites for hydroxylation is 2. The van der Waals surface area contributed by atoms with Crippen molar-refractivity contribution < 1.29 is 59.5 Å². The summed E-state index contributed by atoms with van der Waals surface area (Å²) in [6.45, 7) is 11.8. The van der Waals surface area contributed by atoms with Crippen molar-refractivity contribution in [2.75, 3.05) is 13.1 Å². The molecule has 111 heavy (non-hydrogen) atoms. The molecular weight excluding hydrogens is 1430 g/mol. The first-order valence-corrected chi connectivity index (χ1v) is 39.4. The van der Waals surface area contributed by atoms with Crippen molar-refractivity contribution in [2.24, 2.45) is 0 Å². The number of unbranched alkanes of at least 4 members (excludes halogenated alkanes) is 20. The molecule has 2 aliphatic rings. The van der Waals surface area contributed by atoms with E-state index in [2.05, 4.69) is 37.7 Å². The van der Waals surface area contributed by atoms with Gasteiger partial charge in [0.2, 0.25) is 5.88 Å². The van der Waals surface area contributed by atoms with E-state index in [4.69, 9.17) is 8.83 Å². The van der Waals surface area contributed by atoms with E-state index in [9.17, 15) is 29.1 Å². The van der Waals surface area contributed by atoms with Crippen LogP contribution in [0.2, 0.25) is 0 Å². The Hall–Kier alpha value is -10.4. The van der Waals surface area contributed by atoms with Crippen molar-refractivity contribution >= 4 is 154 Å². The predicted octanol–water partition coefficient (Wildman–Crippen LogP) is 23.3. The van der Waals surface area contributed by atoms with E-state index >= 15 is 35.9 Å². The highest BCUT2D eigenvalue weighted by Gasteiger charge is 2.47. The third-order valence-corrected chi connectivity index (χ3v) is 22.9. The molecule has 22 heteroatoms. The minimum absolute atomic E-state index is 0. The number of halogens is 6. The highest BCUT2D eigenvalue weighted by molar-refractivity contribution is 6.47. The zero-order valence-electron chi connectivity index (χ0n) is 62.9. The van der Waals surface area contributed by atoms with Gasteiger partial charge >= 0.3 is 12.4 Å². The summed E-state index contributed by atoms with van der Waals surface area (Å²) in [7, 11) is 0. The molecule has 0 fully saturated rings. The van der Waals surface area contributed by atoms with E-state index in [-0.39, 0.29) is 143 Å². The molecule has 2 aliphatic heterocycles. The molecule has 8 aromatic carbocycles. The molecule has 0 saturated carbocycles. The molecule has 8 heterocycles. The van der Waals surface area contributed by atoms with Gasteiger partial charge in [-0.15, -0.1) is 0 Å². The molecule has 16 rings (SSSR count). The quantitative estimate of drug-likeness (QED) is 0.0204. The molecule has 6 aromatic heterocycles. The van der Waals surface area contributed by atoms with Gasteiger partial charge in [0, 0.05) is 96.3 Å². The molecule has 0 atom stereocenters. The van der Waals surface area contributed by atoms with Gasteiger partial charge in [-0.05, 0) is 87.1 Å². The smallest absolute Gasteiger partial charge is 0.417 e. The molecule has 0 radical (unpaired) electrons. The van der Waals surface area contributed by atoms with Crippen LogP contribution in [0.5, 0.6) is 5.88 Å². The number of H-pyrrole nitrogens is 1. The Morgan fingerprint density at radius 2 is 0.784 bits per heavy atom. The molecule has 0 unspecified atom stereocenters. The third-order valence-electron chi connectivity index (χ3n) is 22.9. The molecule has 0 aliphatic carbocycles. The summed E-state index contributed by atoms with van der Waals surface area (Å²) < 4.78 is 106. The average molecular weight is 1520 g/mol. The number of benzene rings is 8. The molecular formula is C89H92F6N6O10. The number of fused-ring (bicyclic) bond motifs is 20. The van der Waals surface area contributed by atoms with E-state index < -0.39 is 80.4 Å². The van der Waals surface area contributed by atoms with E-state index in [0.29, 0.717) is 82.0 Å². The number of pyridine rings is 2. The van der Waals surface area contributed by atoms with Gasteiger partial charge in [0.05, 0.1) is 71.5 Å². The Labute approximate surface area is 635 Å². The first kappa shape index (κ1) is 77.4. The standard InChI is InChI=1S/C46H46F6N4O4.C42H42N2O6.CH4/c1-5-7-9-11-13-15-17-55-41(57)35-31-32-37(39-33(35)29-25(45(47,48)49)19-23(3)21-27(29)53-39)43(59)56(18-16-14-12-10-8-6-2)44(60)38(32)40-34(36(31)42(55)58)30-26(46(50,51)52)20-24(4)22-28(30)54-40;1-3-5-7-9-11-17-23-43-39(45)33-29-25-19-13-15-21-27(25)50-38(29)36-32-31(33)35(41(43)47)37-30(26-20-14-16-22-28(26)49-37)34(32)40(46)44(42(36)48)24-18-12-10-8-6-4-2;/h19-22,53,60H,5-18H2,1-4H3;13-16,19-22H,3-12,17-18,23-24H2,1-2H3;1H4. The van der Waals surface area contributed by atoms with Crippen molar-refractivity contribution in [1.29, 1.82) is 0 Å². The van der Waals surface area contributed by atoms with Gasteiger partial charge in [-0.2, -0.15) is 26.3 Å². The van der Waals surface area contributed by atoms with Crippen LogP contribution in [0.25, 0.3) is 131 Å². The van der Waals surface area contributed by atoms with Gasteiger partial charge in [-0.25, -0.2) is 4.98 Å². The summed E-state index contributed by atoms with van der Waals surface area (Å²) in [5.41, 5.74) is -2.18. The molecule has 580 valence electrons. The summed E-state index contributed by atoms with van der Waals surface area (Å²) in [5.74, 6) is -2.41. The fourth-order valence-corrected chi connectivity index (χ4v) is 17.8. The fourth-order valence-electron chi connectivity index (χ4n) is 17.8. The van der Waals surface area contributed by atoms with Gasteiger partial charge in [-0.3, -0.25) is 52.5 Å². The maximum atomic E-state index is 15.1. The van der Waals surface area contributed by atoms with Crippen molar-refractivity contribution in [3.8, 4) is 5.88 Å². The van der Waals surface area contributed by atoms with Gasteiger partial charge in [0.15, 0.2) is 0 Å². The van der Waals surface area contributed by atoms with Gasteiger partial charge in [0.1, 0.15) is 22.3 Å². The number of carbonyl (C=O) groups is 4. The summed E-state index contributed by atoms with van der Waals surface area (Å²) in [4.78, 5) is 114. The minimum Gasteiger partial charge on any atom is -0.494 e. The van der Waals surface area contributed by atoms with Crippen molar-refractivity contribution in [2.45, 2.75) is 229 Å². The molecule has 4 amide bonds. The number of nitrogens with zero attached hydrogens (tertiary/aromatic N) is 5. The van der Waals surface area contributed by atoms with Crippen LogP contribution < -0.4 is 16.7 Å². The zero-order chi connectivity index (χ0) is 77.5. The van der Waals surface area contributed by atoms with E-state index in [1.165, 1.54) is 35.8 Å². The number of carbonyl (C=O) groups excluding carboxylic acids is 4. The number of amides is 4. The largest absolute Gasteiger partial charge is 0.494 e. The summed E-state index contributed by atoms with van der Waals surface area (Å²) in [6, 6.07) is 19.6. The highest BCUT2D eigenvalue weighted by atomic mass is 19.4. The van der Waals surface area contributed by atoms with Crippen LogP contribution in [0.1, 0.15) is 253 Å². The van der Waals surface area contributed by atoms with Crippen LogP contribution >= 0.6 is 0 Å². The Morgan fingerprint density at radius 1 is 0.396 bits per heavy atom. The lowest BCUT2D eigenvalue weighted by Gasteiger charge is -2.32. The Balaban J connectivity index is 0.000000186. The lowest BCUT2D eigenvalue weighted by molar-refractivity contribution is -0.137. The maximum Gasteiger partial charge on any atom is 0.417 e. The summed E-state index contributed by atoms with van der Waals surface area (Å²) in [6.07, 6.45) is 11.8. The van der Waals surface area contributed by atoms with E-state index in [1.54, 1.807) is 0 Å². The SMILES string of the molecule is C.CCCCCCCCN1C(=O)c2c3oc4ccccc4c3c3c4c(c5oc6ccccc6c5c(c24)C1=O)C(=O)N(CCCCCCCC)C3=O.CCCCCCCCn1c(O)c2c3nc4cc(C)cc(C(F)(F)F)c4c3c3c(=O)n(CCCCCCCC)c(=O)c4c5c([nH]c6cc(C)cc(C(F)(F)F)c65)c(c1=O)c2c34. The Bertz CT molecular complexity index is 6080. The lowest BCUT2D eigenvalue weighted by atomic mass is 9.81. The molecule has 0 saturated heterocycles. The van der Waals surface area contributed by atoms with Crippen LogP contribution in [0.3, 0.4) is 0 Å². The third kappa shape index (κ3) is 12.9. The number of alkyl halides is 6. The summed E-state index contributed by atoms with van der Waals surface area (Å²) >= 11 is 0. The van der Waals surface area contributed by atoms with Crippen LogP contribution in [0, 0.1) is 13.8 Å². The van der Waals surface area contributed by atoms with Crippen molar-refractivity contribution in [3.05, 3.63) is 148 Å². The molecule has 14 aromatic rings. The highest BCUT2D eigenvalue weighted by Crippen LogP contribution is 2.54. The molecule has 16 nitrogen and oxygen atoms in total. The number of hydrogen-bond donors (Lipinski definition) is 2. The maximum absolute atomic E-state index is 15.1. The minimum atomic E-state index is -4.95. The topological polar surface area (TPSA) is 211 Å². The number of rotatable bonds is 28. The number of hydrogen-bond acceptors (Lipinski definition) is 11. The number of furan rings is 2. The van der Waals surface area contributed by atoms with Crippen molar-refractivity contribution in [3.63, 3.8) is 0 Å². The van der Waals surface area contributed by atoms with Crippen molar-refractivity contribution in [1.82, 2.24) is 28.9 Å². The van der Waals surface area contributed by atoms with Gasteiger partial charge in [0.25, 0.3) is 40.3 Å². The average Bonchev–Trinajstić information content (AvgIpc) is 1.60. The Kier molecular flexibility index (Phi) is 21.4. The molecule has 0 bridgehead atoms. The summed E-state index contributed by atoms with van der Waals surface area (Å²) in [5, 5.41) is 12.4. The lowest BCUT2D eigenvalue weighted by Crippen LogP contribution is -2.44. The van der Waals surface area contributed by atoms with Gasteiger partial charge in [-0.1, -0.05) is 200 Å². The number of aromatic hydroxyl groups is 1. The predicted molar refractivity (Wildman–Crippen MR) is 429 cm³/mol. The number of nitrogens with one attached hydrogen (secondary N) is 1. The normalized spacial score (nSPS) is 13.6.